The van der Waals surface area contributed by atoms with Crippen molar-refractivity contribution < 1.29 is 9.90 Å². The van der Waals surface area contributed by atoms with Crippen molar-refractivity contribution in [3.8, 4) is 0 Å². The molecule has 1 aliphatic rings. The fourth-order valence-electron chi connectivity index (χ4n) is 2.53. The lowest BCUT2D eigenvalue weighted by molar-refractivity contribution is -0.148. The van der Waals surface area contributed by atoms with Crippen LogP contribution in [0.3, 0.4) is 0 Å². The monoisotopic (exact) mass is 249 g/mol. The summed E-state index contributed by atoms with van der Waals surface area (Å²) in [5.41, 5.74) is 0.391. The van der Waals surface area contributed by atoms with Crippen molar-refractivity contribution in [1.29, 1.82) is 0 Å². The van der Waals surface area contributed by atoms with E-state index in [1.165, 1.54) is 0 Å². The lowest BCUT2D eigenvalue weighted by Crippen LogP contribution is -2.34. The standard InChI is InChI=1S/C13H19N3O2/c1-3-13(12(17)18)5-7-16(9-13)8-11-4-6-14-10(2)15-11/h4,6H,3,5,7-9H2,1-2H3,(H,17,18). The molecule has 1 aliphatic heterocycles. The molecule has 1 aromatic heterocycles. The maximum absolute atomic E-state index is 11.4. The lowest BCUT2D eigenvalue weighted by atomic mass is 9.84. The second kappa shape index (κ2) is 5.02. The van der Waals surface area contributed by atoms with E-state index in [0.717, 1.165) is 24.5 Å². The first-order chi connectivity index (χ1) is 8.55. The van der Waals surface area contributed by atoms with Crippen molar-refractivity contribution in [3.63, 3.8) is 0 Å². The summed E-state index contributed by atoms with van der Waals surface area (Å²) >= 11 is 0. The van der Waals surface area contributed by atoms with Crippen molar-refractivity contribution in [2.75, 3.05) is 13.1 Å². The van der Waals surface area contributed by atoms with E-state index in [1.807, 2.05) is 19.9 Å². The molecule has 98 valence electrons. The van der Waals surface area contributed by atoms with Crippen LogP contribution >= 0.6 is 0 Å². The molecule has 5 nitrogen and oxygen atoms in total. The number of hydrogen-bond donors (Lipinski definition) is 1. The van der Waals surface area contributed by atoms with Gasteiger partial charge >= 0.3 is 5.97 Å². The van der Waals surface area contributed by atoms with E-state index < -0.39 is 11.4 Å². The van der Waals surface area contributed by atoms with E-state index >= 15 is 0 Å². The van der Waals surface area contributed by atoms with Crippen molar-refractivity contribution in [3.05, 3.63) is 23.8 Å². The van der Waals surface area contributed by atoms with Gasteiger partial charge in [-0.1, -0.05) is 6.92 Å². The molecular weight excluding hydrogens is 230 g/mol. The molecule has 1 saturated heterocycles. The summed E-state index contributed by atoms with van der Waals surface area (Å²) in [6.45, 7) is 5.96. The molecule has 2 rings (SSSR count). The van der Waals surface area contributed by atoms with Gasteiger partial charge in [-0.2, -0.15) is 0 Å². The van der Waals surface area contributed by atoms with E-state index in [-0.39, 0.29) is 0 Å². The van der Waals surface area contributed by atoms with Crippen LogP contribution in [0.5, 0.6) is 0 Å². The van der Waals surface area contributed by atoms with E-state index in [0.29, 0.717) is 19.5 Å². The molecule has 1 N–H and O–H groups in total. The number of carboxylic acids is 1. The van der Waals surface area contributed by atoms with Gasteiger partial charge in [-0.3, -0.25) is 9.69 Å². The molecule has 0 amide bonds. The Morgan fingerprint density at radius 3 is 2.94 bits per heavy atom. The Bertz CT molecular complexity index is 450. The molecule has 0 bridgehead atoms. The fraction of sp³-hybridized carbons (Fsp3) is 0.615. The zero-order valence-electron chi connectivity index (χ0n) is 10.9. The number of carboxylic acid groups (broad SMARTS) is 1. The number of nitrogens with zero attached hydrogens (tertiary/aromatic N) is 3. The average molecular weight is 249 g/mol. The highest BCUT2D eigenvalue weighted by Crippen LogP contribution is 2.34. The van der Waals surface area contributed by atoms with Crippen LogP contribution in [0.25, 0.3) is 0 Å². The predicted molar refractivity (Wildman–Crippen MR) is 67.0 cm³/mol. The van der Waals surface area contributed by atoms with Crippen LogP contribution in [-0.4, -0.2) is 39.0 Å². The zero-order valence-corrected chi connectivity index (χ0v) is 10.9. The maximum Gasteiger partial charge on any atom is 0.310 e. The quantitative estimate of drug-likeness (QED) is 0.875. The molecule has 0 aromatic carbocycles. The summed E-state index contributed by atoms with van der Waals surface area (Å²) in [6, 6.07) is 1.89. The van der Waals surface area contributed by atoms with E-state index in [4.69, 9.17) is 0 Å². The predicted octanol–water partition coefficient (Wildman–Crippen LogP) is 1.47. The van der Waals surface area contributed by atoms with Gasteiger partial charge in [0.15, 0.2) is 0 Å². The molecule has 5 heteroatoms. The molecule has 1 unspecified atom stereocenters. The van der Waals surface area contributed by atoms with Crippen LogP contribution in [0.4, 0.5) is 0 Å². The number of rotatable bonds is 4. The highest BCUT2D eigenvalue weighted by molar-refractivity contribution is 5.75. The molecule has 1 atom stereocenters. The third kappa shape index (κ3) is 2.51. The number of aliphatic carboxylic acids is 1. The van der Waals surface area contributed by atoms with Crippen molar-refractivity contribution in [2.24, 2.45) is 5.41 Å². The summed E-state index contributed by atoms with van der Waals surface area (Å²) in [6.07, 6.45) is 3.16. The number of likely N-dealkylation sites (tertiary alicyclic amines) is 1. The zero-order chi connectivity index (χ0) is 13.2. The van der Waals surface area contributed by atoms with Gasteiger partial charge < -0.3 is 5.11 Å². The van der Waals surface area contributed by atoms with Gasteiger partial charge in [0.2, 0.25) is 0 Å². The molecular formula is C13H19N3O2. The largest absolute Gasteiger partial charge is 0.481 e. The number of aromatic nitrogens is 2. The first-order valence-electron chi connectivity index (χ1n) is 6.30. The fourth-order valence-corrected chi connectivity index (χ4v) is 2.53. The van der Waals surface area contributed by atoms with Gasteiger partial charge in [0, 0.05) is 19.3 Å². The maximum atomic E-state index is 11.4. The Labute approximate surface area is 107 Å². The summed E-state index contributed by atoms with van der Waals surface area (Å²) in [7, 11) is 0. The minimum atomic E-state index is -0.675. The normalized spacial score (nSPS) is 24.3. The highest BCUT2D eigenvalue weighted by Gasteiger charge is 2.43. The van der Waals surface area contributed by atoms with E-state index in [1.54, 1.807) is 6.20 Å². The number of hydrogen-bond acceptors (Lipinski definition) is 4. The Balaban J connectivity index is 2.03. The van der Waals surface area contributed by atoms with Crippen molar-refractivity contribution in [1.82, 2.24) is 14.9 Å². The van der Waals surface area contributed by atoms with Gasteiger partial charge in [-0.25, -0.2) is 9.97 Å². The van der Waals surface area contributed by atoms with Crippen LogP contribution in [0.1, 0.15) is 31.3 Å². The minimum absolute atomic E-state index is 0.567. The third-order valence-electron chi connectivity index (χ3n) is 3.78. The molecule has 1 aromatic rings. The number of aryl methyl sites for hydroxylation is 1. The van der Waals surface area contributed by atoms with Crippen molar-refractivity contribution in [2.45, 2.75) is 33.2 Å². The van der Waals surface area contributed by atoms with Crippen LogP contribution in [0, 0.1) is 12.3 Å². The van der Waals surface area contributed by atoms with Crippen LogP contribution in [0.15, 0.2) is 12.3 Å². The van der Waals surface area contributed by atoms with Gasteiger partial charge in [0.1, 0.15) is 5.82 Å². The van der Waals surface area contributed by atoms with Gasteiger partial charge in [0.05, 0.1) is 11.1 Å². The molecule has 0 spiro atoms. The van der Waals surface area contributed by atoms with E-state index in [9.17, 15) is 9.90 Å². The summed E-state index contributed by atoms with van der Waals surface area (Å²) in [5.74, 6) is 0.0815. The molecule has 0 aliphatic carbocycles. The van der Waals surface area contributed by atoms with Crippen LogP contribution in [-0.2, 0) is 11.3 Å². The smallest absolute Gasteiger partial charge is 0.310 e. The van der Waals surface area contributed by atoms with Gasteiger partial charge in [-0.15, -0.1) is 0 Å². The summed E-state index contributed by atoms with van der Waals surface area (Å²) < 4.78 is 0. The van der Waals surface area contributed by atoms with Crippen LogP contribution < -0.4 is 0 Å². The highest BCUT2D eigenvalue weighted by atomic mass is 16.4. The average Bonchev–Trinajstić information content (AvgIpc) is 2.74. The van der Waals surface area contributed by atoms with Gasteiger partial charge in [0.25, 0.3) is 0 Å². The van der Waals surface area contributed by atoms with E-state index in [2.05, 4.69) is 14.9 Å². The Morgan fingerprint density at radius 1 is 1.61 bits per heavy atom. The summed E-state index contributed by atoms with van der Waals surface area (Å²) in [5, 5.41) is 9.34. The number of carbonyl (C=O) groups is 1. The first-order valence-corrected chi connectivity index (χ1v) is 6.30. The molecule has 1 fully saturated rings. The lowest BCUT2D eigenvalue weighted by Gasteiger charge is -2.22. The van der Waals surface area contributed by atoms with Crippen molar-refractivity contribution >= 4 is 5.97 Å². The van der Waals surface area contributed by atoms with Crippen LogP contribution in [0.2, 0.25) is 0 Å². The second-order valence-corrected chi connectivity index (χ2v) is 4.99. The Kier molecular flexibility index (Phi) is 3.61. The summed E-state index contributed by atoms with van der Waals surface area (Å²) in [4.78, 5) is 21.9. The van der Waals surface area contributed by atoms with Gasteiger partial charge in [-0.05, 0) is 32.4 Å². The second-order valence-electron chi connectivity index (χ2n) is 4.99. The molecule has 2 heterocycles. The molecule has 0 saturated carbocycles. The topological polar surface area (TPSA) is 66.3 Å². The Hall–Kier alpha value is -1.49. The molecule has 0 radical (unpaired) electrons. The first kappa shape index (κ1) is 13.0. The minimum Gasteiger partial charge on any atom is -0.481 e. The SMILES string of the molecule is CCC1(C(=O)O)CCN(Cc2ccnc(C)n2)C1. The Morgan fingerprint density at radius 2 is 2.39 bits per heavy atom. The third-order valence-corrected chi connectivity index (χ3v) is 3.78. The molecule has 18 heavy (non-hydrogen) atoms.